The van der Waals surface area contributed by atoms with Crippen LogP contribution in [0.4, 0.5) is 8.78 Å². The molecule has 3 N–H and O–H groups in total. The van der Waals surface area contributed by atoms with Crippen molar-refractivity contribution in [2.45, 2.75) is 31.8 Å². The van der Waals surface area contributed by atoms with E-state index >= 15 is 0 Å². The van der Waals surface area contributed by atoms with E-state index in [1.54, 1.807) is 0 Å². The Balaban J connectivity index is 1.79. The number of benzene rings is 1. The standard InChI is InChI=1S/C15H19F2N3O/c1-8-12(7-18-20-8)15(21)19-14(9-2-3-9)11-6-10(16)4-5-13(11)17/h4-6,8-9,12,14,18,20H,2-3,7H2,1H3,(H,19,21). The summed E-state index contributed by atoms with van der Waals surface area (Å²) in [6.45, 7) is 2.45. The summed E-state index contributed by atoms with van der Waals surface area (Å²) in [6, 6.07) is 2.97. The molecule has 21 heavy (non-hydrogen) atoms. The molecule has 2 aliphatic rings. The highest BCUT2D eigenvalue weighted by Gasteiger charge is 2.38. The van der Waals surface area contributed by atoms with E-state index in [4.69, 9.17) is 0 Å². The molecular formula is C15H19F2N3O. The fourth-order valence-corrected chi connectivity index (χ4v) is 2.82. The highest BCUT2D eigenvalue weighted by Crippen LogP contribution is 2.42. The molecule has 1 saturated carbocycles. The predicted octanol–water partition coefficient (Wildman–Crippen LogP) is 1.64. The van der Waals surface area contributed by atoms with Crippen molar-refractivity contribution in [3.8, 4) is 0 Å². The van der Waals surface area contributed by atoms with Crippen molar-refractivity contribution in [1.82, 2.24) is 16.2 Å². The molecule has 3 atom stereocenters. The summed E-state index contributed by atoms with van der Waals surface area (Å²) in [5.41, 5.74) is 6.17. The first-order valence-corrected chi connectivity index (χ1v) is 7.30. The maximum Gasteiger partial charge on any atom is 0.226 e. The summed E-state index contributed by atoms with van der Waals surface area (Å²) in [5, 5.41) is 2.91. The van der Waals surface area contributed by atoms with Crippen LogP contribution in [-0.4, -0.2) is 18.5 Å². The third-order valence-electron chi connectivity index (χ3n) is 4.28. The molecule has 0 radical (unpaired) electrons. The summed E-state index contributed by atoms with van der Waals surface area (Å²) in [5.74, 6) is -1.08. The molecule has 0 bridgehead atoms. The fourth-order valence-electron chi connectivity index (χ4n) is 2.82. The van der Waals surface area contributed by atoms with Crippen molar-refractivity contribution in [2.75, 3.05) is 6.54 Å². The number of hydrogen-bond donors (Lipinski definition) is 3. The molecule has 0 aromatic heterocycles. The third-order valence-corrected chi connectivity index (χ3v) is 4.28. The first-order chi connectivity index (χ1) is 10.1. The lowest BCUT2D eigenvalue weighted by Gasteiger charge is -2.22. The van der Waals surface area contributed by atoms with Crippen molar-refractivity contribution in [1.29, 1.82) is 0 Å². The number of carbonyl (C=O) groups is 1. The fraction of sp³-hybridized carbons (Fsp3) is 0.533. The van der Waals surface area contributed by atoms with Gasteiger partial charge >= 0.3 is 0 Å². The van der Waals surface area contributed by atoms with Gasteiger partial charge in [-0.05, 0) is 43.9 Å². The van der Waals surface area contributed by atoms with Gasteiger partial charge in [-0.3, -0.25) is 15.6 Å². The van der Waals surface area contributed by atoms with E-state index in [9.17, 15) is 13.6 Å². The SMILES string of the molecule is CC1NNCC1C(=O)NC(c1cc(F)ccc1F)C1CC1. The molecule has 1 aromatic rings. The van der Waals surface area contributed by atoms with Gasteiger partial charge in [0.15, 0.2) is 0 Å². The van der Waals surface area contributed by atoms with E-state index in [0.717, 1.165) is 25.0 Å². The zero-order valence-corrected chi connectivity index (χ0v) is 11.8. The summed E-state index contributed by atoms with van der Waals surface area (Å²) in [6.07, 6.45) is 1.86. The van der Waals surface area contributed by atoms with Crippen LogP contribution >= 0.6 is 0 Å². The van der Waals surface area contributed by atoms with Crippen LogP contribution in [0.3, 0.4) is 0 Å². The first kappa shape index (κ1) is 14.4. The van der Waals surface area contributed by atoms with Crippen LogP contribution in [0.5, 0.6) is 0 Å². The molecule has 3 rings (SSSR count). The Hall–Kier alpha value is -1.53. The second-order valence-corrected chi connectivity index (χ2v) is 5.91. The van der Waals surface area contributed by atoms with Crippen LogP contribution in [0.1, 0.15) is 31.4 Å². The molecule has 0 spiro atoms. The smallest absolute Gasteiger partial charge is 0.226 e. The number of nitrogens with one attached hydrogen (secondary N) is 3. The molecule has 1 aromatic carbocycles. The van der Waals surface area contributed by atoms with Gasteiger partial charge in [-0.25, -0.2) is 8.78 Å². The van der Waals surface area contributed by atoms with E-state index in [1.165, 1.54) is 6.07 Å². The van der Waals surface area contributed by atoms with Crippen molar-refractivity contribution < 1.29 is 13.6 Å². The van der Waals surface area contributed by atoms with Gasteiger partial charge in [0.25, 0.3) is 0 Å². The Morgan fingerprint density at radius 2 is 2.14 bits per heavy atom. The second kappa shape index (κ2) is 5.69. The molecule has 114 valence electrons. The van der Waals surface area contributed by atoms with Gasteiger partial charge in [0.1, 0.15) is 11.6 Å². The topological polar surface area (TPSA) is 53.2 Å². The van der Waals surface area contributed by atoms with Crippen LogP contribution in [0, 0.1) is 23.5 Å². The molecule has 1 aliphatic heterocycles. The Morgan fingerprint density at radius 1 is 1.38 bits per heavy atom. The van der Waals surface area contributed by atoms with Gasteiger partial charge in [-0.1, -0.05) is 0 Å². The number of carbonyl (C=O) groups excluding carboxylic acids is 1. The molecule has 1 heterocycles. The quantitative estimate of drug-likeness (QED) is 0.791. The number of hydrogen-bond acceptors (Lipinski definition) is 3. The van der Waals surface area contributed by atoms with Gasteiger partial charge in [-0.15, -0.1) is 0 Å². The minimum Gasteiger partial charge on any atom is -0.349 e. The monoisotopic (exact) mass is 295 g/mol. The lowest BCUT2D eigenvalue weighted by atomic mass is 9.98. The minimum atomic E-state index is -0.483. The molecule has 3 unspecified atom stereocenters. The molecular weight excluding hydrogens is 276 g/mol. The third kappa shape index (κ3) is 3.06. The lowest BCUT2D eigenvalue weighted by Crippen LogP contribution is -2.40. The van der Waals surface area contributed by atoms with Crippen LogP contribution < -0.4 is 16.2 Å². The van der Waals surface area contributed by atoms with Crippen molar-refractivity contribution >= 4 is 5.91 Å². The lowest BCUT2D eigenvalue weighted by molar-refractivity contribution is -0.125. The normalized spacial score (nSPS) is 26.6. The van der Waals surface area contributed by atoms with Crippen molar-refractivity contribution in [3.63, 3.8) is 0 Å². The van der Waals surface area contributed by atoms with E-state index in [0.29, 0.717) is 6.54 Å². The van der Waals surface area contributed by atoms with Crippen molar-refractivity contribution in [2.24, 2.45) is 11.8 Å². The number of amides is 1. The average molecular weight is 295 g/mol. The van der Waals surface area contributed by atoms with E-state index in [-0.39, 0.29) is 29.3 Å². The van der Waals surface area contributed by atoms with Gasteiger partial charge in [0.05, 0.1) is 12.0 Å². The van der Waals surface area contributed by atoms with Gasteiger partial charge < -0.3 is 5.32 Å². The predicted molar refractivity (Wildman–Crippen MR) is 74.1 cm³/mol. The summed E-state index contributed by atoms with van der Waals surface area (Å²) in [7, 11) is 0. The highest BCUT2D eigenvalue weighted by atomic mass is 19.1. The first-order valence-electron chi connectivity index (χ1n) is 7.30. The Kier molecular flexibility index (Phi) is 3.91. The highest BCUT2D eigenvalue weighted by molar-refractivity contribution is 5.80. The molecule has 2 fully saturated rings. The van der Waals surface area contributed by atoms with Gasteiger partial charge in [0, 0.05) is 18.2 Å². The molecule has 1 aliphatic carbocycles. The van der Waals surface area contributed by atoms with Crippen LogP contribution in [0.25, 0.3) is 0 Å². The maximum absolute atomic E-state index is 14.0. The molecule has 1 saturated heterocycles. The van der Waals surface area contributed by atoms with Crippen LogP contribution in [-0.2, 0) is 4.79 Å². The van der Waals surface area contributed by atoms with Gasteiger partial charge in [0.2, 0.25) is 5.91 Å². The molecule has 1 amide bonds. The van der Waals surface area contributed by atoms with Crippen LogP contribution in [0.2, 0.25) is 0 Å². The average Bonchev–Trinajstić information content (AvgIpc) is 3.20. The largest absolute Gasteiger partial charge is 0.349 e. The number of halogens is 2. The zero-order chi connectivity index (χ0) is 15.0. The van der Waals surface area contributed by atoms with E-state index < -0.39 is 17.7 Å². The van der Waals surface area contributed by atoms with E-state index in [2.05, 4.69) is 16.2 Å². The maximum atomic E-state index is 14.0. The number of hydrazine groups is 1. The second-order valence-electron chi connectivity index (χ2n) is 5.91. The van der Waals surface area contributed by atoms with Crippen LogP contribution in [0.15, 0.2) is 18.2 Å². The minimum absolute atomic E-state index is 0.0159. The summed E-state index contributed by atoms with van der Waals surface area (Å²) >= 11 is 0. The van der Waals surface area contributed by atoms with Gasteiger partial charge in [-0.2, -0.15) is 0 Å². The number of rotatable bonds is 4. The zero-order valence-electron chi connectivity index (χ0n) is 11.8. The Labute approximate surface area is 122 Å². The summed E-state index contributed by atoms with van der Waals surface area (Å²) in [4.78, 5) is 12.4. The summed E-state index contributed by atoms with van der Waals surface area (Å²) < 4.78 is 27.4. The van der Waals surface area contributed by atoms with Crippen molar-refractivity contribution in [3.05, 3.63) is 35.4 Å². The Morgan fingerprint density at radius 3 is 2.76 bits per heavy atom. The molecule has 6 heteroatoms. The molecule has 4 nitrogen and oxygen atoms in total. The van der Waals surface area contributed by atoms with E-state index in [1.807, 2.05) is 6.92 Å². The Bertz CT molecular complexity index is 548.